The van der Waals surface area contributed by atoms with Crippen molar-refractivity contribution in [3.63, 3.8) is 0 Å². The highest BCUT2D eigenvalue weighted by Crippen LogP contribution is 2.41. The highest BCUT2D eigenvalue weighted by molar-refractivity contribution is 5.55. The number of hydrogen-bond acceptors (Lipinski definition) is 2. The summed E-state index contributed by atoms with van der Waals surface area (Å²) in [4.78, 5) is 0. The lowest BCUT2D eigenvalue weighted by Gasteiger charge is -2.34. The molecule has 2 heteroatoms. The Morgan fingerprint density at radius 1 is 0.773 bits per heavy atom. The van der Waals surface area contributed by atoms with Crippen LogP contribution in [0.1, 0.15) is 30.9 Å². The Bertz CT molecular complexity index is 661. The molecule has 0 spiro atoms. The van der Waals surface area contributed by atoms with Crippen LogP contribution in [0.2, 0.25) is 0 Å². The summed E-state index contributed by atoms with van der Waals surface area (Å²) >= 11 is 0. The number of anilines is 2. The van der Waals surface area contributed by atoms with E-state index < -0.39 is 0 Å². The predicted molar refractivity (Wildman–Crippen MR) is 94.6 cm³/mol. The fourth-order valence-electron chi connectivity index (χ4n) is 3.12. The maximum absolute atomic E-state index is 5.86. The highest BCUT2D eigenvalue weighted by atomic mass is 14.5. The molecule has 0 saturated carbocycles. The van der Waals surface area contributed by atoms with Crippen LogP contribution in [0.15, 0.2) is 72.3 Å². The number of allylic oxidation sites excluding steroid dienone is 4. The number of benzene rings is 2. The molecule has 0 aromatic heterocycles. The van der Waals surface area contributed by atoms with Crippen LogP contribution in [0.4, 0.5) is 11.4 Å². The second-order valence-electron chi connectivity index (χ2n) is 6.01. The first-order chi connectivity index (χ1) is 10.6. The minimum Gasteiger partial charge on any atom is -0.399 e. The molecule has 0 fully saturated rings. The van der Waals surface area contributed by atoms with Crippen molar-refractivity contribution < 1.29 is 0 Å². The first-order valence-electron chi connectivity index (χ1n) is 7.70. The van der Waals surface area contributed by atoms with E-state index in [1.807, 2.05) is 24.3 Å². The van der Waals surface area contributed by atoms with E-state index in [0.717, 1.165) is 24.2 Å². The molecular weight excluding hydrogens is 268 g/mol. The summed E-state index contributed by atoms with van der Waals surface area (Å²) in [6.45, 7) is 2.27. The summed E-state index contributed by atoms with van der Waals surface area (Å²) in [5, 5.41) is 0. The molecule has 3 rings (SSSR count). The molecule has 0 amide bonds. The van der Waals surface area contributed by atoms with Gasteiger partial charge in [-0.25, -0.2) is 0 Å². The number of nitrogens with two attached hydrogens (primary N) is 2. The molecule has 4 N–H and O–H groups in total. The van der Waals surface area contributed by atoms with Gasteiger partial charge in [-0.15, -0.1) is 0 Å². The Kier molecular flexibility index (Phi) is 3.76. The fourth-order valence-corrected chi connectivity index (χ4v) is 3.12. The van der Waals surface area contributed by atoms with Crippen LogP contribution in [0, 0.1) is 0 Å². The molecule has 2 nitrogen and oxygen atoms in total. The molecular formula is C20H22N2. The fraction of sp³-hybridized carbons (Fsp3) is 0.200. The SMILES string of the molecule is CC(C1=CCCC=C1)(c1ccc(N)cc1)c1ccc(N)cc1. The van der Waals surface area contributed by atoms with Gasteiger partial charge in [-0.2, -0.15) is 0 Å². The van der Waals surface area contributed by atoms with Crippen LogP contribution < -0.4 is 11.5 Å². The third-order valence-electron chi connectivity index (χ3n) is 4.55. The molecule has 0 radical (unpaired) electrons. The summed E-state index contributed by atoms with van der Waals surface area (Å²) in [6.07, 6.45) is 9.04. The van der Waals surface area contributed by atoms with E-state index in [1.54, 1.807) is 0 Å². The van der Waals surface area contributed by atoms with Crippen molar-refractivity contribution in [2.45, 2.75) is 25.2 Å². The van der Waals surface area contributed by atoms with Gasteiger partial charge in [0.2, 0.25) is 0 Å². The van der Waals surface area contributed by atoms with E-state index in [1.165, 1.54) is 16.7 Å². The first kappa shape index (κ1) is 14.5. The monoisotopic (exact) mass is 290 g/mol. The van der Waals surface area contributed by atoms with Crippen molar-refractivity contribution in [3.8, 4) is 0 Å². The molecule has 0 unspecified atom stereocenters. The van der Waals surface area contributed by atoms with Gasteiger partial charge in [-0.05, 0) is 60.7 Å². The lowest BCUT2D eigenvalue weighted by Crippen LogP contribution is -2.26. The van der Waals surface area contributed by atoms with Crippen molar-refractivity contribution in [1.29, 1.82) is 0 Å². The van der Waals surface area contributed by atoms with Gasteiger partial charge < -0.3 is 11.5 Å². The standard InChI is InChI=1S/C20H22N2/c1-20(15-5-3-2-4-6-15,16-7-11-18(21)12-8-16)17-9-13-19(22)14-10-17/h3,5-14H,2,4,21-22H2,1H3. The summed E-state index contributed by atoms with van der Waals surface area (Å²) in [6, 6.07) is 16.4. The molecule has 0 atom stereocenters. The van der Waals surface area contributed by atoms with Crippen molar-refractivity contribution >= 4 is 11.4 Å². The van der Waals surface area contributed by atoms with Gasteiger partial charge in [0, 0.05) is 16.8 Å². The summed E-state index contributed by atoms with van der Waals surface area (Å²) in [5.41, 5.74) is 16.9. The third kappa shape index (κ3) is 2.52. The van der Waals surface area contributed by atoms with Gasteiger partial charge in [0.15, 0.2) is 0 Å². The Hall–Kier alpha value is -2.48. The van der Waals surface area contributed by atoms with Crippen LogP contribution in [-0.2, 0) is 5.41 Å². The summed E-state index contributed by atoms with van der Waals surface area (Å²) < 4.78 is 0. The molecule has 2 aromatic rings. The molecule has 0 bridgehead atoms. The van der Waals surface area contributed by atoms with Crippen LogP contribution in [0.25, 0.3) is 0 Å². The van der Waals surface area contributed by atoms with Crippen molar-refractivity contribution in [2.24, 2.45) is 0 Å². The Morgan fingerprint density at radius 2 is 1.27 bits per heavy atom. The number of nitrogen functional groups attached to an aromatic ring is 2. The van der Waals surface area contributed by atoms with E-state index in [9.17, 15) is 0 Å². The van der Waals surface area contributed by atoms with Crippen LogP contribution in [-0.4, -0.2) is 0 Å². The number of hydrogen-bond donors (Lipinski definition) is 2. The second-order valence-corrected chi connectivity index (χ2v) is 6.01. The quantitative estimate of drug-likeness (QED) is 0.821. The van der Waals surface area contributed by atoms with Crippen LogP contribution >= 0.6 is 0 Å². The van der Waals surface area contributed by atoms with E-state index in [-0.39, 0.29) is 5.41 Å². The van der Waals surface area contributed by atoms with E-state index in [0.29, 0.717) is 0 Å². The van der Waals surface area contributed by atoms with Crippen molar-refractivity contribution in [2.75, 3.05) is 11.5 Å². The predicted octanol–water partition coefficient (Wildman–Crippen LogP) is 4.43. The van der Waals surface area contributed by atoms with E-state index in [4.69, 9.17) is 11.5 Å². The molecule has 2 aromatic carbocycles. The van der Waals surface area contributed by atoms with E-state index in [2.05, 4.69) is 49.4 Å². The topological polar surface area (TPSA) is 52.0 Å². The lowest BCUT2D eigenvalue weighted by atomic mass is 9.69. The third-order valence-corrected chi connectivity index (χ3v) is 4.55. The zero-order chi connectivity index (χ0) is 15.6. The molecule has 0 aliphatic heterocycles. The largest absolute Gasteiger partial charge is 0.399 e. The average Bonchev–Trinajstić information content (AvgIpc) is 2.56. The molecule has 1 aliphatic carbocycles. The maximum Gasteiger partial charge on any atom is 0.0420 e. The molecule has 112 valence electrons. The molecule has 1 aliphatic rings. The second kappa shape index (κ2) is 5.72. The average molecular weight is 290 g/mol. The van der Waals surface area contributed by atoms with Gasteiger partial charge in [-0.1, -0.05) is 42.5 Å². The smallest absolute Gasteiger partial charge is 0.0420 e. The Morgan fingerprint density at radius 3 is 1.68 bits per heavy atom. The highest BCUT2D eigenvalue weighted by Gasteiger charge is 2.32. The lowest BCUT2D eigenvalue weighted by molar-refractivity contribution is 0.681. The van der Waals surface area contributed by atoms with Gasteiger partial charge in [0.1, 0.15) is 0 Å². The van der Waals surface area contributed by atoms with Gasteiger partial charge in [0.25, 0.3) is 0 Å². The maximum atomic E-state index is 5.86. The van der Waals surface area contributed by atoms with Crippen molar-refractivity contribution in [1.82, 2.24) is 0 Å². The summed E-state index contributed by atoms with van der Waals surface area (Å²) in [5.74, 6) is 0. The minimum atomic E-state index is -0.196. The Balaban J connectivity index is 2.17. The van der Waals surface area contributed by atoms with Gasteiger partial charge in [-0.3, -0.25) is 0 Å². The Labute approximate surface area is 132 Å². The first-order valence-corrected chi connectivity index (χ1v) is 7.70. The van der Waals surface area contributed by atoms with Gasteiger partial charge >= 0.3 is 0 Å². The molecule has 0 heterocycles. The van der Waals surface area contributed by atoms with Crippen LogP contribution in [0.3, 0.4) is 0 Å². The zero-order valence-electron chi connectivity index (χ0n) is 12.9. The normalized spacial score (nSPS) is 14.7. The summed E-state index contributed by atoms with van der Waals surface area (Å²) in [7, 11) is 0. The van der Waals surface area contributed by atoms with Crippen LogP contribution in [0.5, 0.6) is 0 Å². The van der Waals surface area contributed by atoms with Crippen molar-refractivity contribution in [3.05, 3.63) is 83.5 Å². The minimum absolute atomic E-state index is 0.196. The number of rotatable bonds is 3. The molecule has 0 saturated heterocycles. The van der Waals surface area contributed by atoms with E-state index >= 15 is 0 Å². The van der Waals surface area contributed by atoms with Gasteiger partial charge in [0.05, 0.1) is 0 Å². The molecule has 22 heavy (non-hydrogen) atoms. The zero-order valence-corrected chi connectivity index (χ0v) is 12.9.